The maximum absolute atomic E-state index is 11.7. The number of amides is 1. The highest BCUT2D eigenvalue weighted by atomic mass is 16.5. The number of nitrogens with one attached hydrogen (secondary N) is 1. The van der Waals surface area contributed by atoms with Crippen LogP contribution in [0.5, 0.6) is 17.2 Å². The number of hydrogen-bond donors (Lipinski definition) is 1. The van der Waals surface area contributed by atoms with Crippen LogP contribution in [0.2, 0.25) is 0 Å². The van der Waals surface area contributed by atoms with Gasteiger partial charge in [-0.25, -0.2) is 0 Å². The zero-order chi connectivity index (χ0) is 15.8. The zero-order valence-corrected chi connectivity index (χ0v) is 12.8. The molecule has 0 atom stereocenters. The standard InChI is InChI=1S/C15H21NO5/c1-5-8-16-13(18)9-21-14-11(10(2)17)6-7-12(19-3)15(14)20-4/h6-7H,5,8-9H2,1-4H3,(H,16,18). The van der Waals surface area contributed by atoms with E-state index in [9.17, 15) is 9.59 Å². The van der Waals surface area contributed by atoms with Crippen molar-refractivity contribution >= 4 is 11.7 Å². The fourth-order valence-electron chi connectivity index (χ4n) is 1.77. The fraction of sp³-hybridized carbons (Fsp3) is 0.467. The number of rotatable bonds is 8. The van der Waals surface area contributed by atoms with Crippen LogP contribution in [0.15, 0.2) is 12.1 Å². The lowest BCUT2D eigenvalue weighted by atomic mass is 10.1. The van der Waals surface area contributed by atoms with Crippen molar-refractivity contribution in [2.45, 2.75) is 20.3 Å². The Morgan fingerprint density at radius 1 is 1.14 bits per heavy atom. The molecule has 1 amide bonds. The third kappa shape index (κ3) is 4.37. The third-order valence-electron chi connectivity index (χ3n) is 2.80. The molecule has 0 heterocycles. The first-order valence-electron chi connectivity index (χ1n) is 6.70. The van der Waals surface area contributed by atoms with Gasteiger partial charge in [0.05, 0.1) is 19.8 Å². The molecular formula is C15H21NO5. The monoisotopic (exact) mass is 295 g/mol. The topological polar surface area (TPSA) is 73.9 Å². The highest BCUT2D eigenvalue weighted by Gasteiger charge is 2.20. The number of methoxy groups -OCH3 is 2. The predicted octanol–water partition coefficient (Wildman–Crippen LogP) is 1.81. The van der Waals surface area contributed by atoms with Gasteiger partial charge in [0.1, 0.15) is 0 Å². The van der Waals surface area contributed by atoms with Crippen LogP contribution in [0.4, 0.5) is 0 Å². The second kappa shape index (κ2) is 8.14. The van der Waals surface area contributed by atoms with Gasteiger partial charge in [0.25, 0.3) is 5.91 Å². The first-order valence-corrected chi connectivity index (χ1v) is 6.70. The Balaban J connectivity index is 3.01. The van der Waals surface area contributed by atoms with E-state index in [1.165, 1.54) is 21.1 Å². The van der Waals surface area contributed by atoms with Crippen molar-refractivity contribution < 1.29 is 23.8 Å². The van der Waals surface area contributed by atoms with E-state index in [1.54, 1.807) is 12.1 Å². The molecule has 0 spiro atoms. The molecule has 0 aliphatic rings. The van der Waals surface area contributed by atoms with Crippen molar-refractivity contribution in [3.8, 4) is 17.2 Å². The Labute approximate surface area is 124 Å². The third-order valence-corrected chi connectivity index (χ3v) is 2.80. The molecule has 21 heavy (non-hydrogen) atoms. The molecule has 0 aromatic heterocycles. The second-order valence-electron chi connectivity index (χ2n) is 4.37. The van der Waals surface area contributed by atoms with Gasteiger partial charge in [-0.05, 0) is 25.5 Å². The van der Waals surface area contributed by atoms with Crippen molar-refractivity contribution in [2.24, 2.45) is 0 Å². The molecule has 1 N–H and O–H groups in total. The van der Waals surface area contributed by atoms with Crippen LogP contribution in [0, 0.1) is 0 Å². The summed E-state index contributed by atoms with van der Waals surface area (Å²) in [5, 5.41) is 2.70. The molecule has 0 saturated heterocycles. The average Bonchev–Trinajstić information content (AvgIpc) is 2.49. The van der Waals surface area contributed by atoms with E-state index < -0.39 is 0 Å². The predicted molar refractivity (Wildman–Crippen MR) is 78.3 cm³/mol. The summed E-state index contributed by atoms with van der Waals surface area (Å²) < 4.78 is 15.9. The lowest BCUT2D eigenvalue weighted by Gasteiger charge is -2.16. The minimum absolute atomic E-state index is 0.181. The SMILES string of the molecule is CCCNC(=O)COc1c(C(C)=O)ccc(OC)c1OC. The van der Waals surface area contributed by atoms with Crippen LogP contribution in [-0.2, 0) is 4.79 Å². The van der Waals surface area contributed by atoms with E-state index in [0.717, 1.165) is 6.42 Å². The smallest absolute Gasteiger partial charge is 0.257 e. The number of carbonyl (C=O) groups is 2. The van der Waals surface area contributed by atoms with Crippen LogP contribution in [0.1, 0.15) is 30.6 Å². The van der Waals surface area contributed by atoms with Crippen LogP contribution in [0.25, 0.3) is 0 Å². The molecule has 1 aromatic rings. The Bertz CT molecular complexity index is 513. The zero-order valence-electron chi connectivity index (χ0n) is 12.8. The number of ether oxygens (including phenoxy) is 3. The summed E-state index contributed by atoms with van der Waals surface area (Å²) in [5.41, 5.74) is 0.343. The quantitative estimate of drug-likeness (QED) is 0.740. The van der Waals surface area contributed by atoms with E-state index >= 15 is 0 Å². The number of Topliss-reactive ketones (excluding diaryl/α,β-unsaturated/α-hetero) is 1. The lowest BCUT2D eigenvalue weighted by molar-refractivity contribution is -0.123. The Morgan fingerprint density at radius 2 is 1.86 bits per heavy atom. The Hall–Kier alpha value is -2.24. The minimum atomic E-state index is -0.253. The van der Waals surface area contributed by atoms with Crippen molar-refractivity contribution in [3.63, 3.8) is 0 Å². The number of ketones is 1. The van der Waals surface area contributed by atoms with Crippen LogP contribution in [-0.4, -0.2) is 39.1 Å². The molecular weight excluding hydrogens is 274 g/mol. The summed E-state index contributed by atoms with van der Waals surface area (Å²) in [6.45, 7) is 3.77. The second-order valence-corrected chi connectivity index (χ2v) is 4.37. The van der Waals surface area contributed by atoms with Gasteiger partial charge in [-0.1, -0.05) is 6.92 Å². The average molecular weight is 295 g/mol. The summed E-state index contributed by atoms with van der Waals surface area (Å²) in [5.74, 6) is 0.520. The molecule has 0 fully saturated rings. The fourth-order valence-corrected chi connectivity index (χ4v) is 1.77. The van der Waals surface area contributed by atoms with Gasteiger partial charge >= 0.3 is 0 Å². The van der Waals surface area contributed by atoms with Crippen molar-refractivity contribution in [2.75, 3.05) is 27.4 Å². The molecule has 1 aromatic carbocycles. The number of carbonyl (C=O) groups excluding carboxylic acids is 2. The molecule has 0 unspecified atom stereocenters. The maximum Gasteiger partial charge on any atom is 0.257 e. The molecule has 6 heteroatoms. The van der Waals surface area contributed by atoms with Crippen LogP contribution in [0.3, 0.4) is 0 Å². The molecule has 1 rings (SSSR count). The first-order chi connectivity index (χ1) is 10.0. The van der Waals surface area contributed by atoms with E-state index in [1.807, 2.05) is 6.92 Å². The van der Waals surface area contributed by atoms with Gasteiger partial charge in [0, 0.05) is 6.54 Å². The highest BCUT2D eigenvalue weighted by molar-refractivity contribution is 5.98. The van der Waals surface area contributed by atoms with E-state index in [4.69, 9.17) is 14.2 Å². The van der Waals surface area contributed by atoms with Crippen molar-refractivity contribution in [1.29, 1.82) is 0 Å². The van der Waals surface area contributed by atoms with E-state index in [0.29, 0.717) is 23.6 Å². The van der Waals surface area contributed by atoms with Crippen molar-refractivity contribution in [1.82, 2.24) is 5.32 Å². The van der Waals surface area contributed by atoms with E-state index in [2.05, 4.69) is 5.32 Å². The molecule has 0 aliphatic heterocycles. The molecule has 6 nitrogen and oxygen atoms in total. The highest BCUT2D eigenvalue weighted by Crippen LogP contribution is 2.40. The van der Waals surface area contributed by atoms with Gasteiger partial charge in [-0.3, -0.25) is 9.59 Å². The summed E-state index contributed by atoms with van der Waals surface area (Å²) >= 11 is 0. The maximum atomic E-state index is 11.7. The summed E-state index contributed by atoms with van der Waals surface area (Å²) in [6.07, 6.45) is 0.840. The van der Waals surface area contributed by atoms with Gasteiger partial charge in [0.15, 0.2) is 23.9 Å². The van der Waals surface area contributed by atoms with Crippen LogP contribution >= 0.6 is 0 Å². The summed E-state index contributed by atoms with van der Waals surface area (Å²) in [4.78, 5) is 23.3. The Morgan fingerprint density at radius 3 is 2.38 bits per heavy atom. The molecule has 116 valence electrons. The normalized spacial score (nSPS) is 9.90. The lowest BCUT2D eigenvalue weighted by Crippen LogP contribution is -2.29. The van der Waals surface area contributed by atoms with Gasteiger partial charge in [-0.2, -0.15) is 0 Å². The largest absolute Gasteiger partial charge is 0.493 e. The number of benzene rings is 1. The van der Waals surface area contributed by atoms with Gasteiger partial charge in [-0.15, -0.1) is 0 Å². The molecule has 0 radical (unpaired) electrons. The molecule has 0 aliphatic carbocycles. The van der Waals surface area contributed by atoms with Crippen LogP contribution < -0.4 is 19.5 Å². The van der Waals surface area contributed by atoms with Gasteiger partial charge in [0.2, 0.25) is 5.75 Å². The molecule has 0 bridgehead atoms. The first kappa shape index (κ1) is 16.8. The van der Waals surface area contributed by atoms with Gasteiger partial charge < -0.3 is 19.5 Å². The minimum Gasteiger partial charge on any atom is -0.493 e. The summed E-state index contributed by atoms with van der Waals surface area (Å²) in [6, 6.07) is 3.21. The number of hydrogen-bond acceptors (Lipinski definition) is 5. The summed E-state index contributed by atoms with van der Waals surface area (Å²) in [7, 11) is 2.94. The van der Waals surface area contributed by atoms with Crippen molar-refractivity contribution in [3.05, 3.63) is 17.7 Å². The van der Waals surface area contributed by atoms with E-state index in [-0.39, 0.29) is 24.0 Å². The molecule has 0 saturated carbocycles. The Kier molecular flexibility index (Phi) is 6.52.